The van der Waals surface area contributed by atoms with Gasteiger partial charge >= 0.3 is 5.97 Å². The van der Waals surface area contributed by atoms with Crippen LogP contribution in [0.2, 0.25) is 0 Å². The van der Waals surface area contributed by atoms with Gasteiger partial charge in [0.1, 0.15) is 5.75 Å². The zero-order valence-corrected chi connectivity index (χ0v) is 26.0. The van der Waals surface area contributed by atoms with E-state index >= 15 is 0 Å². The van der Waals surface area contributed by atoms with Crippen LogP contribution < -0.4 is 4.74 Å². The quantitative estimate of drug-likeness (QED) is 0.416. The van der Waals surface area contributed by atoms with E-state index in [4.69, 9.17) is 9.47 Å². The Morgan fingerprint density at radius 1 is 0.902 bits per heavy atom. The first-order chi connectivity index (χ1) is 19.0. The molecule has 9 nitrogen and oxygen atoms in total. The highest BCUT2D eigenvalue weighted by Gasteiger charge is 2.49. The standard InChI is InChI=1S/C30H44N4O5.2ClH/c1-38-24-12-10-22(11-13-24)30(37)33-18-16-31(17-19-33)21-27(35)34-20-23-6-4-14-32-15-5-7-25(29(23)32)26(34)8-3-9-28(36)39-2;;/h10-13,23,25-26,29H,3-9,14-21H2,1-2H3;2*1H. The first-order valence-corrected chi connectivity index (χ1v) is 14.7. The molecule has 0 bridgehead atoms. The average molecular weight is 614 g/mol. The predicted octanol–water partition coefficient (Wildman–Crippen LogP) is 3.34. The maximum atomic E-state index is 13.8. The summed E-state index contributed by atoms with van der Waals surface area (Å²) in [5.41, 5.74) is 0.659. The fourth-order valence-corrected chi connectivity index (χ4v) is 7.52. The lowest BCUT2D eigenvalue weighted by Crippen LogP contribution is -2.66. The Balaban J connectivity index is 0.00000231. The van der Waals surface area contributed by atoms with E-state index in [1.807, 2.05) is 17.0 Å². The van der Waals surface area contributed by atoms with E-state index in [9.17, 15) is 14.4 Å². The summed E-state index contributed by atoms with van der Waals surface area (Å²) in [5.74, 6) is 1.81. The SMILES string of the molecule is COC(=O)CCCC1C2CCCN3CCCC(CN1C(=O)CN1CCN(C(=O)c4ccc(OC)cc4)CC1)C23.Cl.Cl. The molecule has 4 fully saturated rings. The minimum Gasteiger partial charge on any atom is -0.497 e. The minimum absolute atomic E-state index is 0. The fourth-order valence-electron chi connectivity index (χ4n) is 7.52. The lowest BCUT2D eigenvalue weighted by atomic mass is 9.69. The van der Waals surface area contributed by atoms with Gasteiger partial charge in [0, 0.05) is 56.8 Å². The molecule has 5 rings (SSSR count). The van der Waals surface area contributed by atoms with Gasteiger partial charge in [-0.3, -0.25) is 24.2 Å². The molecule has 230 valence electrons. The second-order valence-corrected chi connectivity index (χ2v) is 11.6. The Morgan fingerprint density at radius 3 is 2.24 bits per heavy atom. The van der Waals surface area contributed by atoms with Crippen molar-refractivity contribution in [3.8, 4) is 5.75 Å². The smallest absolute Gasteiger partial charge is 0.305 e. The van der Waals surface area contributed by atoms with E-state index in [-0.39, 0.29) is 48.6 Å². The van der Waals surface area contributed by atoms with Gasteiger partial charge in [0.05, 0.1) is 20.8 Å². The number of rotatable bonds is 8. The maximum absolute atomic E-state index is 13.8. The number of carbonyl (C=O) groups is 3. The molecule has 1 aromatic rings. The predicted molar refractivity (Wildman–Crippen MR) is 162 cm³/mol. The van der Waals surface area contributed by atoms with E-state index in [2.05, 4.69) is 14.7 Å². The highest BCUT2D eigenvalue weighted by atomic mass is 35.5. The van der Waals surface area contributed by atoms with Gasteiger partial charge in [-0.25, -0.2) is 0 Å². The number of piperidine rings is 3. The van der Waals surface area contributed by atoms with Crippen molar-refractivity contribution in [3.63, 3.8) is 0 Å². The molecule has 4 aliphatic rings. The number of hydrogen-bond donors (Lipinski definition) is 0. The van der Waals surface area contributed by atoms with Crippen molar-refractivity contribution in [1.82, 2.24) is 19.6 Å². The molecular weight excluding hydrogens is 567 g/mol. The third-order valence-electron chi connectivity index (χ3n) is 9.46. The molecule has 0 aromatic heterocycles. The number of benzene rings is 1. The van der Waals surface area contributed by atoms with Crippen molar-refractivity contribution in [3.05, 3.63) is 29.8 Å². The molecule has 0 N–H and O–H groups in total. The number of hydrogen-bond acceptors (Lipinski definition) is 7. The molecule has 4 heterocycles. The van der Waals surface area contributed by atoms with Crippen LogP contribution in [0.25, 0.3) is 0 Å². The first-order valence-electron chi connectivity index (χ1n) is 14.7. The number of halogens is 2. The Labute approximate surface area is 256 Å². The van der Waals surface area contributed by atoms with E-state index < -0.39 is 0 Å². The molecule has 41 heavy (non-hydrogen) atoms. The molecule has 4 unspecified atom stereocenters. The molecule has 0 spiro atoms. The summed E-state index contributed by atoms with van der Waals surface area (Å²) < 4.78 is 10.1. The van der Waals surface area contributed by atoms with Crippen LogP contribution in [0.15, 0.2) is 24.3 Å². The Bertz CT molecular complexity index is 1020. The summed E-state index contributed by atoms with van der Waals surface area (Å²) in [5, 5.41) is 0. The topological polar surface area (TPSA) is 82.6 Å². The van der Waals surface area contributed by atoms with Gasteiger partial charge in [0.25, 0.3) is 5.91 Å². The first kappa shape index (κ1) is 33.4. The third kappa shape index (κ3) is 7.66. The summed E-state index contributed by atoms with van der Waals surface area (Å²) in [6.07, 6.45) is 6.78. The number of esters is 1. The number of nitrogens with zero attached hydrogens (tertiary/aromatic N) is 4. The summed E-state index contributed by atoms with van der Waals surface area (Å²) >= 11 is 0. The molecule has 0 aliphatic carbocycles. The van der Waals surface area contributed by atoms with Crippen molar-refractivity contribution >= 4 is 42.6 Å². The van der Waals surface area contributed by atoms with Crippen LogP contribution >= 0.6 is 24.8 Å². The summed E-state index contributed by atoms with van der Waals surface area (Å²) in [6, 6.07) is 7.99. The average Bonchev–Trinajstić information content (AvgIpc) is 2.98. The van der Waals surface area contributed by atoms with Crippen LogP contribution in [0, 0.1) is 11.8 Å². The number of carbonyl (C=O) groups excluding carboxylic acids is 3. The van der Waals surface area contributed by atoms with E-state index in [0.717, 1.165) is 31.6 Å². The van der Waals surface area contributed by atoms with Gasteiger partial charge in [-0.1, -0.05) is 0 Å². The van der Waals surface area contributed by atoms with Crippen molar-refractivity contribution in [1.29, 1.82) is 0 Å². The Kier molecular flexibility index (Phi) is 12.6. The zero-order valence-electron chi connectivity index (χ0n) is 24.4. The second kappa shape index (κ2) is 15.4. The lowest BCUT2D eigenvalue weighted by Gasteiger charge is -2.57. The normalized spacial score (nSPS) is 26.2. The van der Waals surface area contributed by atoms with E-state index in [1.54, 1.807) is 19.2 Å². The van der Waals surface area contributed by atoms with Crippen LogP contribution in [0.4, 0.5) is 0 Å². The largest absolute Gasteiger partial charge is 0.497 e. The van der Waals surface area contributed by atoms with Crippen molar-refractivity contribution in [2.75, 3.05) is 66.6 Å². The van der Waals surface area contributed by atoms with E-state index in [1.165, 1.54) is 39.5 Å². The van der Waals surface area contributed by atoms with Crippen molar-refractivity contribution in [2.24, 2.45) is 11.8 Å². The van der Waals surface area contributed by atoms with Gasteiger partial charge < -0.3 is 19.3 Å². The van der Waals surface area contributed by atoms with Gasteiger partial charge in [0.15, 0.2) is 0 Å². The number of likely N-dealkylation sites (tertiary alicyclic amines) is 1. The third-order valence-corrected chi connectivity index (χ3v) is 9.46. The van der Waals surface area contributed by atoms with Crippen LogP contribution in [-0.2, 0) is 14.3 Å². The molecule has 11 heteroatoms. The number of ether oxygens (including phenoxy) is 2. The molecule has 2 amide bonds. The molecule has 0 saturated carbocycles. The molecule has 4 saturated heterocycles. The van der Waals surface area contributed by atoms with Crippen LogP contribution in [0.3, 0.4) is 0 Å². The van der Waals surface area contributed by atoms with Crippen LogP contribution in [0.5, 0.6) is 5.75 Å². The fraction of sp³-hybridized carbons (Fsp3) is 0.700. The summed E-state index contributed by atoms with van der Waals surface area (Å²) in [4.78, 5) is 47.6. The summed E-state index contributed by atoms with van der Waals surface area (Å²) in [7, 11) is 3.05. The van der Waals surface area contributed by atoms with Gasteiger partial charge in [-0.05, 0) is 87.7 Å². The second-order valence-electron chi connectivity index (χ2n) is 11.6. The lowest BCUT2D eigenvalue weighted by molar-refractivity contribution is -0.148. The highest BCUT2D eigenvalue weighted by Crippen LogP contribution is 2.43. The number of methoxy groups -OCH3 is 2. The maximum Gasteiger partial charge on any atom is 0.305 e. The highest BCUT2D eigenvalue weighted by molar-refractivity contribution is 5.94. The molecule has 4 aliphatic heterocycles. The Morgan fingerprint density at radius 2 is 1.59 bits per heavy atom. The molecule has 4 atom stereocenters. The summed E-state index contributed by atoms with van der Waals surface area (Å²) in [6.45, 7) is 6.20. The molecule has 0 radical (unpaired) electrons. The van der Waals surface area contributed by atoms with Crippen molar-refractivity contribution < 1.29 is 23.9 Å². The Hall–Kier alpha value is -2.07. The minimum atomic E-state index is -0.174. The van der Waals surface area contributed by atoms with Gasteiger partial charge in [0.2, 0.25) is 5.91 Å². The number of amides is 2. The zero-order chi connectivity index (χ0) is 27.4. The molecular formula is C30H46Cl2N4O5. The number of piperazine rings is 1. The van der Waals surface area contributed by atoms with Crippen molar-refractivity contribution in [2.45, 2.75) is 57.0 Å². The van der Waals surface area contributed by atoms with E-state index in [0.29, 0.717) is 62.6 Å². The van der Waals surface area contributed by atoms with Crippen LogP contribution in [0.1, 0.15) is 55.3 Å². The van der Waals surface area contributed by atoms with Gasteiger partial charge in [-0.2, -0.15) is 0 Å². The monoisotopic (exact) mass is 612 g/mol. The van der Waals surface area contributed by atoms with Gasteiger partial charge in [-0.15, -0.1) is 24.8 Å². The van der Waals surface area contributed by atoms with Crippen LogP contribution in [-0.4, -0.2) is 116 Å². The molecule has 1 aromatic carbocycles.